The number of amides is 1. The number of aromatic nitrogens is 1. The van der Waals surface area contributed by atoms with E-state index < -0.39 is 0 Å². The molecule has 0 radical (unpaired) electrons. The van der Waals surface area contributed by atoms with Crippen molar-refractivity contribution in [2.45, 2.75) is 39.3 Å². The summed E-state index contributed by atoms with van der Waals surface area (Å²) in [7, 11) is 0. The van der Waals surface area contributed by atoms with Crippen molar-refractivity contribution in [1.82, 2.24) is 9.88 Å². The molecule has 1 heterocycles. The third-order valence-corrected chi connectivity index (χ3v) is 5.79. The van der Waals surface area contributed by atoms with Crippen LogP contribution in [0.5, 0.6) is 0 Å². The van der Waals surface area contributed by atoms with E-state index in [0.717, 1.165) is 40.7 Å². The smallest absolute Gasteiger partial charge is 0.310 e. The quantitative estimate of drug-likeness (QED) is 0.324. The molecular formula is C28H27N3O3. The minimum atomic E-state index is -0.297. The third kappa shape index (κ3) is 5.87. The fourth-order valence-corrected chi connectivity index (χ4v) is 3.98. The monoisotopic (exact) mass is 453 g/mol. The topological polar surface area (TPSA) is 63.9 Å². The van der Waals surface area contributed by atoms with Crippen LogP contribution in [0.15, 0.2) is 67.0 Å². The molecular weight excluding hydrogens is 426 g/mol. The Morgan fingerprint density at radius 2 is 1.85 bits per heavy atom. The molecule has 3 aromatic rings. The standard InChI is InChI=1S/C28H27N3O3/c1-3-34-27(32)14-21-13-23(17-30-16-21)26-12-11-25(29-2)15-24(26)19-31(28(33)22-9-10-22)18-20-7-5-4-6-8-20/h4-8,11-13,15-17,22H,3,9-10,14,18-19H2,1H3. The first-order valence-corrected chi connectivity index (χ1v) is 11.5. The Morgan fingerprint density at radius 1 is 1.06 bits per heavy atom. The lowest BCUT2D eigenvalue weighted by Gasteiger charge is -2.25. The number of benzene rings is 2. The number of carbonyl (C=O) groups is 2. The molecule has 1 saturated carbocycles. The van der Waals surface area contributed by atoms with Crippen molar-refractivity contribution >= 4 is 17.6 Å². The van der Waals surface area contributed by atoms with Gasteiger partial charge < -0.3 is 9.64 Å². The minimum absolute atomic E-state index is 0.0887. The van der Waals surface area contributed by atoms with Crippen LogP contribution in [0, 0.1) is 12.5 Å². The number of pyridine rings is 1. The average molecular weight is 454 g/mol. The molecule has 34 heavy (non-hydrogen) atoms. The zero-order valence-electron chi connectivity index (χ0n) is 19.2. The molecule has 1 aliphatic carbocycles. The Labute approximate surface area is 200 Å². The Kier molecular flexibility index (Phi) is 7.34. The normalized spacial score (nSPS) is 12.6. The summed E-state index contributed by atoms with van der Waals surface area (Å²) in [4.78, 5) is 34.9. The SMILES string of the molecule is [C-]#[N+]c1ccc(-c2cncc(CC(=O)OCC)c2)c(CN(Cc2ccccc2)C(=O)C2CC2)c1. The number of carbonyl (C=O) groups excluding carboxylic acids is 2. The van der Waals surface area contributed by atoms with Crippen LogP contribution in [0.3, 0.4) is 0 Å². The number of hydrogen-bond acceptors (Lipinski definition) is 4. The van der Waals surface area contributed by atoms with Crippen LogP contribution in [-0.2, 0) is 33.8 Å². The lowest BCUT2D eigenvalue weighted by molar-refractivity contribution is -0.142. The Hall–Kier alpha value is -3.98. The van der Waals surface area contributed by atoms with E-state index in [4.69, 9.17) is 11.3 Å². The molecule has 0 aliphatic heterocycles. The van der Waals surface area contributed by atoms with Crippen LogP contribution in [-0.4, -0.2) is 28.4 Å². The van der Waals surface area contributed by atoms with E-state index in [2.05, 4.69) is 9.83 Å². The molecule has 0 atom stereocenters. The molecule has 1 aromatic heterocycles. The van der Waals surface area contributed by atoms with Gasteiger partial charge in [-0.3, -0.25) is 14.6 Å². The Bertz CT molecular complexity index is 1210. The lowest BCUT2D eigenvalue weighted by Crippen LogP contribution is -2.31. The number of hydrogen-bond donors (Lipinski definition) is 0. The molecule has 2 aromatic carbocycles. The number of ether oxygens (including phenoxy) is 1. The van der Waals surface area contributed by atoms with Crippen molar-refractivity contribution in [3.05, 3.63) is 95.1 Å². The van der Waals surface area contributed by atoms with Gasteiger partial charge in [0.05, 0.1) is 19.6 Å². The highest BCUT2D eigenvalue weighted by atomic mass is 16.5. The predicted molar refractivity (Wildman–Crippen MR) is 130 cm³/mol. The fourth-order valence-electron chi connectivity index (χ4n) is 3.98. The van der Waals surface area contributed by atoms with Gasteiger partial charge in [0, 0.05) is 37.0 Å². The predicted octanol–water partition coefficient (Wildman–Crippen LogP) is 5.34. The van der Waals surface area contributed by atoms with Crippen molar-refractivity contribution < 1.29 is 14.3 Å². The largest absolute Gasteiger partial charge is 0.466 e. The number of nitrogens with zero attached hydrogens (tertiary/aromatic N) is 3. The second-order valence-corrected chi connectivity index (χ2v) is 8.47. The summed E-state index contributed by atoms with van der Waals surface area (Å²) in [5.41, 5.74) is 4.96. The van der Waals surface area contributed by atoms with E-state index in [1.807, 2.05) is 53.4 Å². The van der Waals surface area contributed by atoms with Gasteiger partial charge in [0.15, 0.2) is 5.69 Å². The van der Waals surface area contributed by atoms with Gasteiger partial charge in [0.2, 0.25) is 5.91 Å². The Morgan fingerprint density at radius 3 is 2.56 bits per heavy atom. The maximum absolute atomic E-state index is 13.2. The molecule has 1 amide bonds. The van der Waals surface area contributed by atoms with Crippen LogP contribution in [0.4, 0.5) is 5.69 Å². The summed E-state index contributed by atoms with van der Waals surface area (Å²) in [6, 6.07) is 17.4. The summed E-state index contributed by atoms with van der Waals surface area (Å²) in [6.07, 6.45) is 5.41. The molecule has 6 heteroatoms. The lowest BCUT2D eigenvalue weighted by atomic mass is 9.98. The van der Waals surface area contributed by atoms with Crippen LogP contribution in [0.1, 0.15) is 36.5 Å². The molecule has 0 unspecified atom stereocenters. The first-order valence-electron chi connectivity index (χ1n) is 11.5. The summed E-state index contributed by atoms with van der Waals surface area (Å²) in [6.45, 7) is 10.5. The second-order valence-electron chi connectivity index (χ2n) is 8.47. The Balaban J connectivity index is 1.66. The van der Waals surface area contributed by atoms with Gasteiger partial charge in [0.1, 0.15) is 0 Å². The van der Waals surface area contributed by atoms with Gasteiger partial charge in [0.25, 0.3) is 0 Å². The van der Waals surface area contributed by atoms with E-state index in [1.54, 1.807) is 25.4 Å². The van der Waals surface area contributed by atoms with Crippen molar-refractivity contribution in [1.29, 1.82) is 0 Å². The first kappa shape index (κ1) is 23.2. The first-order chi connectivity index (χ1) is 16.6. The van der Waals surface area contributed by atoms with E-state index in [1.165, 1.54) is 0 Å². The highest BCUT2D eigenvalue weighted by molar-refractivity contribution is 5.81. The zero-order valence-corrected chi connectivity index (χ0v) is 19.2. The molecule has 4 rings (SSSR count). The number of rotatable bonds is 9. The van der Waals surface area contributed by atoms with Crippen LogP contribution in [0.25, 0.3) is 16.0 Å². The molecule has 0 spiro atoms. The average Bonchev–Trinajstić information content (AvgIpc) is 3.70. The fraction of sp³-hybridized carbons (Fsp3) is 0.286. The van der Waals surface area contributed by atoms with Crippen molar-refractivity contribution in [2.24, 2.45) is 5.92 Å². The van der Waals surface area contributed by atoms with Crippen LogP contribution < -0.4 is 0 Å². The highest BCUT2D eigenvalue weighted by Crippen LogP contribution is 2.34. The van der Waals surface area contributed by atoms with Crippen molar-refractivity contribution in [2.75, 3.05) is 6.61 Å². The van der Waals surface area contributed by atoms with E-state index in [0.29, 0.717) is 25.4 Å². The molecule has 172 valence electrons. The summed E-state index contributed by atoms with van der Waals surface area (Å²) < 4.78 is 5.07. The van der Waals surface area contributed by atoms with Gasteiger partial charge in [-0.15, -0.1) is 0 Å². The maximum atomic E-state index is 13.2. The van der Waals surface area contributed by atoms with E-state index in [-0.39, 0.29) is 24.2 Å². The van der Waals surface area contributed by atoms with Crippen LogP contribution >= 0.6 is 0 Å². The van der Waals surface area contributed by atoms with Gasteiger partial charge in [-0.05, 0) is 48.1 Å². The van der Waals surface area contributed by atoms with Gasteiger partial charge in [-0.25, -0.2) is 4.85 Å². The summed E-state index contributed by atoms with van der Waals surface area (Å²) in [5.74, 6) is -0.0583. The zero-order chi connectivity index (χ0) is 23.9. The van der Waals surface area contributed by atoms with E-state index in [9.17, 15) is 9.59 Å². The maximum Gasteiger partial charge on any atom is 0.310 e. The molecule has 1 aliphatic rings. The van der Waals surface area contributed by atoms with Crippen LogP contribution in [0.2, 0.25) is 0 Å². The summed E-state index contributed by atoms with van der Waals surface area (Å²) in [5, 5.41) is 0. The number of esters is 1. The summed E-state index contributed by atoms with van der Waals surface area (Å²) >= 11 is 0. The van der Waals surface area contributed by atoms with Crippen molar-refractivity contribution in [3.63, 3.8) is 0 Å². The molecule has 6 nitrogen and oxygen atoms in total. The molecule has 0 saturated heterocycles. The minimum Gasteiger partial charge on any atom is -0.466 e. The highest BCUT2D eigenvalue weighted by Gasteiger charge is 2.33. The van der Waals surface area contributed by atoms with Gasteiger partial charge >= 0.3 is 5.97 Å². The molecule has 0 bridgehead atoms. The third-order valence-electron chi connectivity index (χ3n) is 5.79. The van der Waals surface area contributed by atoms with Crippen molar-refractivity contribution in [3.8, 4) is 11.1 Å². The molecule has 1 fully saturated rings. The van der Waals surface area contributed by atoms with Gasteiger partial charge in [-0.2, -0.15) is 0 Å². The second kappa shape index (κ2) is 10.8. The van der Waals surface area contributed by atoms with Gasteiger partial charge in [-0.1, -0.05) is 48.5 Å². The van der Waals surface area contributed by atoms with E-state index >= 15 is 0 Å². The molecule has 0 N–H and O–H groups in total.